The second kappa shape index (κ2) is 8.09. The minimum absolute atomic E-state index is 0.212. The zero-order valence-electron chi connectivity index (χ0n) is 14.7. The van der Waals surface area contributed by atoms with Crippen molar-refractivity contribution in [3.63, 3.8) is 0 Å². The molecule has 27 heavy (non-hydrogen) atoms. The predicted octanol–water partition coefficient (Wildman–Crippen LogP) is 4.86. The van der Waals surface area contributed by atoms with E-state index < -0.39 is 0 Å². The Kier molecular flexibility index (Phi) is 5.61. The van der Waals surface area contributed by atoms with Gasteiger partial charge in [0.25, 0.3) is 11.8 Å². The zero-order chi connectivity index (χ0) is 19.4. The lowest BCUT2D eigenvalue weighted by molar-refractivity contribution is 0.0995. The molecule has 3 aromatic rings. The quantitative estimate of drug-likeness (QED) is 0.607. The van der Waals surface area contributed by atoms with Crippen LogP contribution >= 0.6 is 15.9 Å². The van der Waals surface area contributed by atoms with Gasteiger partial charge in [-0.25, -0.2) is 0 Å². The first kappa shape index (κ1) is 18.7. The number of benzene rings is 2. The molecule has 0 aliphatic heterocycles. The van der Waals surface area contributed by atoms with Crippen molar-refractivity contribution < 1.29 is 18.7 Å². The molecule has 1 heterocycles. The minimum Gasteiger partial charge on any atom is -0.496 e. The fourth-order valence-electron chi connectivity index (χ4n) is 2.44. The lowest BCUT2D eigenvalue weighted by Gasteiger charge is -2.12. The van der Waals surface area contributed by atoms with Gasteiger partial charge in [-0.3, -0.25) is 9.59 Å². The van der Waals surface area contributed by atoms with Gasteiger partial charge in [0.15, 0.2) is 5.76 Å². The molecule has 7 heteroatoms. The van der Waals surface area contributed by atoms with Gasteiger partial charge in [0, 0.05) is 16.9 Å². The van der Waals surface area contributed by atoms with Gasteiger partial charge in [0.1, 0.15) is 5.75 Å². The SMILES string of the molecule is COc1ccc(C(=O)Nc2cc(NC(=O)c3ccco3)ccc2C)cc1Br. The molecule has 0 saturated heterocycles. The summed E-state index contributed by atoms with van der Waals surface area (Å²) >= 11 is 3.37. The molecule has 0 atom stereocenters. The Morgan fingerprint density at radius 2 is 1.85 bits per heavy atom. The van der Waals surface area contributed by atoms with Crippen LogP contribution in [0, 0.1) is 6.92 Å². The summed E-state index contributed by atoms with van der Waals surface area (Å²) in [4.78, 5) is 24.7. The van der Waals surface area contributed by atoms with Crippen molar-refractivity contribution in [2.45, 2.75) is 6.92 Å². The van der Waals surface area contributed by atoms with Crippen LogP contribution < -0.4 is 15.4 Å². The first-order valence-electron chi connectivity index (χ1n) is 8.08. The first-order valence-corrected chi connectivity index (χ1v) is 8.87. The summed E-state index contributed by atoms with van der Waals surface area (Å²) in [6.07, 6.45) is 1.43. The van der Waals surface area contributed by atoms with E-state index >= 15 is 0 Å². The van der Waals surface area contributed by atoms with E-state index in [0.717, 1.165) is 5.56 Å². The number of halogens is 1. The van der Waals surface area contributed by atoms with E-state index in [2.05, 4.69) is 26.6 Å². The van der Waals surface area contributed by atoms with Gasteiger partial charge in [0.05, 0.1) is 17.8 Å². The highest BCUT2D eigenvalue weighted by Crippen LogP contribution is 2.27. The summed E-state index contributed by atoms with van der Waals surface area (Å²) in [5.41, 5.74) is 2.50. The number of amides is 2. The molecule has 0 spiro atoms. The summed E-state index contributed by atoms with van der Waals surface area (Å²) in [5.74, 6) is 0.228. The normalized spacial score (nSPS) is 10.3. The van der Waals surface area contributed by atoms with Crippen molar-refractivity contribution in [2.24, 2.45) is 0 Å². The zero-order valence-corrected chi connectivity index (χ0v) is 16.3. The second-order valence-corrected chi connectivity index (χ2v) is 6.62. The fourth-order valence-corrected chi connectivity index (χ4v) is 2.98. The molecule has 6 nitrogen and oxygen atoms in total. The van der Waals surface area contributed by atoms with E-state index in [1.807, 2.05) is 13.0 Å². The molecule has 1 aromatic heterocycles. The third kappa shape index (κ3) is 4.38. The largest absolute Gasteiger partial charge is 0.496 e. The van der Waals surface area contributed by atoms with Crippen LogP contribution in [-0.4, -0.2) is 18.9 Å². The van der Waals surface area contributed by atoms with E-state index in [1.165, 1.54) is 6.26 Å². The number of furan rings is 1. The Bertz CT molecular complexity index is 984. The summed E-state index contributed by atoms with van der Waals surface area (Å²) in [6.45, 7) is 1.87. The molecule has 3 rings (SSSR count). The van der Waals surface area contributed by atoms with Crippen molar-refractivity contribution in [1.82, 2.24) is 0 Å². The molecule has 0 saturated carbocycles. The third-order valence-electron chi connectivity index (χ3n) is 3.90. The number of aryl methyl sites for hydroxylation is 1. The molecular formula is C20H17BrN2O4. The molecule has 2 N–H and O–H groups in total. The summed E-state index contributed by atoms with van der Waals surface area (Å²) in [5, 5.41) is 5.61. The maximum absolute atomic E-state index is 12.6. The number of rotatable bonds is 5. The van der Waals surface area contributed by atoms with E-state index in [0.29, 0.717) is 27.2 Å². The molecular weight excluding hydrogens is 412 g/mol. The van der Waals surface area contributed by atoms with Crippen LogP contribution in [0.25, 0.3) is 0 Å². The van der Waals surface area contributed by atoms with Crippen molar-refractivity contribution in [2.75, 3.05) is 17.7 Å². The molecule has 0 radical (unpaired) electrons. The third-order valence-corrected chi connectivity index (χ3v) is 4.52. The summed E-state index contributed by atoms with van der Waals surface area (Å²) < 4.78 is 10.9. The van der Waals surface area contributed by atoms with Crippen molar-refractivity contribution >= 4 is 39.1 Å². The number of carbonyl (C=O) groups excluding carboxylic acids is 2. The number of hydrogen-bond acceptors (Lipinski definition) is 4. The van der Waals surface area contributed by atoms with Crippen LogP contribution in [0.2, 0.25) is 0 Å². The van der Waals surface area contributed by atoms with Crippen LogP contribution in [-0.2, 0) is 0 Å². The summed E-state index contributed by atoms with van der Waals surface area (Å²) in [6, 6.07) is 13.6. The van der Waals surface area contributed by atoms with Gasteiger partial charge in [-0.2, -0.15) is 0 Å². The maximum Gasteiger partial charge on any atom is 0.291 e. The van der Waals surface area contributed by atoms with Gasteiger partial charge in [-0.05, 0) is 70.9 Å². The van der Waals surface area contributed by atoms with Crippen LogP contribution in [0.5, 0.6) is 5.75 Å². The van der Waals surface area contributed by atoms with E-state index in [9.17, 15) is 9.59 Å². The smallest absolute Gasteiger partial charge is 0.291 e. The fraction of sp³-hybridized carbons (Fsp3) is 0.100. The topological polar surface area (TPSA) is 80.6 Å². The molecule has 0 unspecified atom stereocenters. The van der Waals surface area contributed by atoms with Gasteiger partial charge in [0.2, 0.25) is 0 Å². The molecule has 0 fully saturated rings. The average molecular weight is 429 g/mol. The van der Waals surface area contributed by atoms with Gasteiger partial charge < -0.3 is 19.8 Å². The average Bonchev–Trinajstić information content (AvgIpc) is 3.19. The molecule has 0 bridgehead atoms. The maximum atomic E-state index is 12.6. The van der Waals surface area contributed by atoms with Crippen molar-refractivity contribution in [3.05, 3.63) is 76.2 Å². The lowest BCUT2D eigenvalue weighted by atomic mass is 10.1. The predicted molar refractivity (Wildman–Crippen MR) is 106 cm³/mol. The number of anilines is 2. The van der Waals surface area contributed by atoms with E-state index in [1.54, 1.807) is 49.6 Å². The van der Waals surface area contributed by atoms with Gasteiger partial charge in [-0.1, -0.05) is 6.07 Å². The van der Waals surface area contributed by atoms with Crippen LogP contribution in [0.1, 0.15) is 26.5 Å². The van der Waals surface area contributed by atoms with E-state index in [4.69, 9.17) is 9.15 Å². The lowest BCUT2D eigenvalue weighted by Crippen LogP contribution is -2.14. The Balaban J connectivity index is 1.77. The Hall–Kier alpha value is -3.06. The van der Waals surface area contributed by atoms with Crippen molar-refractivity contribution in [1.29, 1.82) is 0 Å². The molecule has 2 aromatic carbocycles. The van der Waals surface area contributed by atoms with Crippen LogP contribution in [0.4, 0.5) is 11.4 Å². The first-order chi connectivity index (χ1) is 13.0. The molecule has 0 aliphatic rings. The Morgan fingerprint density at radius 3 is 2.52 bits per heavy atom. The highest BCUT2D eigenvalue weighted by atomic mass is 79.9. The Labute approximate surface area is 164 Å². The summed E-state index contributed by atoms with van der Waals surface area (Å²) in [7, 11) is 1.56. The number of ether oxygens (including phenoxy) is 1. The van der Waals surface area contributed by atoms with Gasteiger partial charge >= 0.3 is 0 Å². The number of carbonyl (C=O) groups is 2. The second-order valence-electron chi connectivity index (χ2n) is 5.76. The monoisotopic (exact) mass is 428 g/mol. The number of hydrogen-bond donors (Lipinski definition) is 2. The number of methoxy groups -OCH3 is 1. The van der Waals surface area contributed by atoms with Crippen LogP contribution in [0.3, 0.4) is 0 Å². The minimum atomic E-state index is -0.361. The standard InChI is InChI=1S/C20H17BrN2O4/c1-12-5-7-14(22-20(25)18-4-3-9-27-18)11-16(12)23-19(24)13-6-8-17(26-2)15(21)10-13/h3-11H,1-2H3,(H,22,25)(H,23,24). The molecule has 138 valence electrons. The van der Waals surface area contributed by atoms with Gasteiger partial charge in [-0.15, -0.1) is 0 Å². The highest BCUT2D eigenvalue weighted by Gasteiger charge is 2.13. The molecule has 0 aliphatic carbocycles. The molecule has 2 amide bonds. The highest BCUT2D eigenvalue weighted by molar-refractivity contribution is 9.10. The number of nitrogens with one attached hydrogen (secondary N) is 2. The van der Waals surface area contributed by atoms with Crippen LogP contribution in [0.15, 0.2) is 63.7 Å². The van der Waals surface area contributed by atoms with Crippen molar-refractivity contribution in [3.8, 4) is 5.75 Å². The van der Waals surface area contributed by atoms with E-state index in [-0.39, 0.29) is 17.6 Å². The Morgan fingerprint density at radius 1 is 1.04 bits per heavy atom.